The number of nitrogens with one attached hydrogen (secondary N) is 1. The molecule has 2 bridgehead atoms. The van der Waals surface area contributed by atoms with E-state index in [1.54, 1.807) is 0 Å². The molecule has 104 valence electrons. The smallest absolute Gasteiger partial charge is 0.226 e. The summed E-state index contributed by atoms with van der Waals surface area (Å²) in [6.07, 6.45) is 8.99. The van der Waals surface area contributed by atoms with Gasteiger partial charge in [0, 0.05) is 12.3 Å². The van der Waals surface area contributed by atoms with E-state index in [0.29, 0.717) is 5.92 Å². The predicted octanol–water partition coefficient (Wildman–Crippen LogP) is 2.52. The van der Waals surface area contributed by atoms with Gasteiger partial charge in [-0.2, -0.15) is 4.98 Å². The van der Waals surface area contributed by atoms with Gasteiger partial charge >= 0.3 is 0 Å². The fraction of sp³-hybridized carbons (Fsp3) is 0.867. The molecule has 2 heterocycles. The summed E-state index contributed by atoms with van der Waals surface area (Å²) in [6, 6.07) is 0. The van der Waals surface area contributed by atoms with Gasteiger partial charge in [0.15, 0.2) is 5.82 Å². The zero-order valence-corrected chi connectivity index (χ0v) is 11.5. The summed E-state index contributed by atoms with van der Waals surface area (Å²) >= 11 is 0. The second-order valence-electron chi connectivity index (χ2n) is 6.73. The van der Waals surface area contributed by atoms with Crippen molar-refractivity contribution in [1.29, 1.82) is 0 Å². The first-order valence-corrected chi connectivity index (χ1v) is 7.91. The van der Waals surface area contributed by atoms with Crippen LogP contribution in [0.1, 0.15) is 56.2 Å². The Morgan fingerprint density at radius 2 is 2.00 bits per heavy atom. The molecule has 3 unspecified atom stereocenters. The van der Waals surface area contributed by atoms with Gasteiger partial charge in [-0.05, 0) is 62.9 Å². The Labute approximate surface area is 114 Å². The molecule has 2 saturated carbocycles. The van der Waals surface area contributed by atoms with Crippen molar-refractivity contribution in [3.8, 4) is 0 Å². The van der Waals surface area contributed by atoms with E-state index >= 15 is 0 Å². The molecular formula is C15H23N3O. The van der Waals surface area contributed by atoms with Crippen LogP contribution in [0.3, 0.4) is 0 Å². The molecule has 4 rings (SSSR count). The largest absolute Gasteiger partial charge is 0.339 e. The Morgan fingerprint density at radius 3 is 2.74 bits per heavy atom. The van der Waals surface area contributed by atoms with Crippen LogP contribution in [-0.4, -0.2) is 23.2 Å². The summed E-state index contributed by atoms with van der Waals surface area (Å²) in [5.74, 6) is 5.01. The molecule has 4 nitrogen and oxygen atoms in total. The van der Waals surface area contributed by atoms with E-state index in [4.69, 9.17) is 9.51 Å². The van der Waals surface area contributed by atoms with Crippen molar-refractivity contribution in [2.24, 2.45) is 17.8 Å². The zero-order chi connectivity index (χ0) is 12.7. The molecule has 3 aliphatic rings. The van der Waals surface area contributed by atoms with E-state index in [1.807, 2.05) is 0 Å². The van der Waals surface area contributed by atoms with Crippen molar-refractivity contribution < 1.29 is 4.52 Å². The summed E-state index contributed by atoms with van der Waals surface area (Å²) in [5, 5.41) is 7.68. The Balaban J connectivity index is 1.41. The predicted molar refractivity (Wildman–Crippen MR) is 71.8 cm³/mol. The van der Waals surface area contributed by atoms with E-state index in [2.05, 4.69) is 10.5 Å². The second-order valence-corrected chi connectivity index (χ2v) is 6.73. The molecule has 0 spiro atoms. The molecule has 2 aliphatic carbocycles. The topological polar surface area (TPSA) is 51.0 Å². The van der Waals surface area contributed by atoms with Crippen LogP contribution in [0.25, 0.3) is 0 Å². The Hall–Kier alpha value is -0.900. The standard InChI is InChI=1S/C15H23N3O/c1-2-12-7-11(1)8-13(12)15-17-14(19-18-15)9-10-3-5-16-6-4-10/h10-13,16H,1-9H2. The molecule has 0 aromatic carbocycles. The fourth-order valence-electron chi connectivity index (χ4n) is 4.40. The molecule has 3 atom stereocenters. The zero-order valence-electron chi connectivity index (χ0n) is 11.5. The molecule has 1 aliphatic heterocycles. The fourth-order valence-corrected chi connectivity index (χ4v) is 4.40. The van der Waals surface area contributed by atoms with E-state index in [1.165, 1.54) is 38.5 Å². The highest BCUT2D eigenvalue weighted by Gasteiger charge is 2.42. The third-order valence-electron chi connectivity index (χ3n) is 5.48. The lowest BCUT2D eigenvalue weighted by molar-refractivity contribution is 0.308. The van der Waals surface area contributed by atoms with Gasteiger partial charge in [0.05, 0.1) is 0 Å². The van der Waals surface area contributed by atoms with Crippen molar-refractivity contribution in [2.75, 3.05) is 13.1 Å². The maximum atomic E-state index is 5.51. The molecular weight excluding hydrogens is 238 g/mol. The van der Waals surface area contributed by atoms with Crippen molar-refractivity contribution in [3.63, 3.8) is 0 Å². The molecule has 3 fully saturated rings. The number of piperidine rings is 1. The van der Waals surface area contributed by atoms with Crippen LogP contribution in [-0.2, 0) is 6.42 Å². The highest BCUT2D eigenvalue weighted by Crippen LogP contribution is 2.52. The quantitative estimate of drug-likeness (QED) is 0.908. The summed E-state index contributed by atoms with van der Waals surface area (Å²) in [7, 11) is 0. The number of fused-ring (bicyclic) bond motifs is 2. The van der Waals surface area contributed by atoms with Crippen molar-refractivity contribution in [2.45, 2.75) is 50.9 Å². The van der Waals surface area contributed by atoms with Gasteiger partial charge in [-0.15, -0.1) is 0 Å². The van der Waals surface area contributed by atoms with Gasteiger partial charge in [0.25, 0.3) is 0 Å². The molecule has 1 saturated heterocycles. The molecule has 0 radical (unpaired) electrons. The highest BCUT2D eigenvalue weighted by atomic mass is 16.5. The van der Waals surface area contributed by atoms with Crippen LogP contribution < -0.4 is 5.32 Å². The molecule has 4 heteroatoms. The number of nitrogens with zero attached hydrogens (tertiary/aromatic N) is 2. The minimum atomic E-state index is 0.601. The molecule has 1 aromatic rings. The second kappa shape index (κ2) is 4.89. The van der Waals surface area contributed by atoms with Crippen molar-refractivity contribution in [3.05, 3.63) is 11.7 Å². The van der Waals surface area contributed by atoms with Gasteiger partial charge < -0.3 is 9.84 Å². The van der Waals surface area contributed by atoms with Crippen LogP contribution in [0.2, 0.25) is 0 Å². The number of hydrogen-bond donors (Lipinski definition) is 1. The summed E-state index contributed by atoms with van der Waals surface area (Å²) in [5.41, 5.74) is 0. The van der Waals surface area contributed by atoms with Gasteiger partial charge in [0.2, 0.25) is 5.89 Å². The van der Waals surface area contributed by atoms with Gasteiger partial charge in [0.1, 0.15) is 0 Å². The first-order valence-electron chi connectivity index (χ1n) is 7.91. The van der Waals surface area contributed by atoms with E-state index < -0.39 is 0 Å². The SMILES string of the molecule is C1CC(Cc2nc(C3CC4CCC3C4)no2)CCN1. The lowest BCUT2D eigenvalue weighted by atomic mass is 9.88. The Kier molecular flexibility index (Phi) is 3.06. The maximum absolute atomic E-state index is 5.51. The van der Waals surface area contributed by atoms with Crippen LogP contribution >= 0.6 is 0 Å². The molecule has 1 N–H and O–H groups in total. The van der Waals surface area contributed by atoms with E-state index in [-0.39, 0.29) is 0 Å². The van der Waals surface area contributed by atoms with Crippen LogP contribution in [0.4, 0.5) is 0 Å². The third kappa shape index (κ3) is 2.31. The minimum Gasteiger partial charge on any atom is -0.339 e. The van der Waals surface area contributed by atoms with Crippen LogP contribution in [0, 0.1) is 17.8 Å². The average Bonchev–Trinajstić information content (AvgIpc) is 3.15. The monoisotopic (exact) mass is 261 g/mol. The molecule has 1 aromatic heterocycles. The Morgan fingerprint density at radius 1 is 1.11 bits per heavy atom. The highest BCUT2D eigenvalue weighted by molar-refractivity contribution is 5.06. The normalized spacial score (nSPS) is 35.1. The first-order chi connectivity index (χ1) is 9.38. The van der Waals surface area contributed by atoms with Gasteiger partial charge in [-0.25, -0.2) is 0 Å². The van der Waals surface area contributed by atoms with Gasteiger partial charge in [-0.1, -0.05) is 11.6 Å². The summed E-state index contributed by atoms with van der Waals surface area (Å²) in [4.78, 5) is 4.71. The third-order valence-corrected chi connectivity index (χ3v) is 5.48. The minimum absolute atomic E-state index is 0.601. The van der Waals surface area contributed by atoms with Gasteiger partial charge in [-0.3, -0.25) is 0 Å². The lowest BCUT2D eigenvalue weighted by Gasteiger charge is -2.20. The molecule has 19 heavy (non-hydrogen) atoms. The Bertz CT molecular complexity index is 438. The van der Waals surface area contributed by atoms with Crippen molar-refractivity contribution in [1.82, 2.24) is 15.5 Å². The maximum Gasteiger partial charge on any atom is 0.226 e. The summed E-state index contributed by atoms with van der Waals surface area (Å²) in [6.45, 7) is 2.27. The number of aromatic nitrogens is 2. The van der Waals surface area contributed by atoms with Crippen LogP contribution in [0.5, 0.6) is 0 Å². The van der Waals surface area contributed by atoms with E-state index in [0.717, 1.165) is 49.0 Å². The average molecular weight is 261 g/mol. The summed E-state index contributed by atoms with van der Waals surface area (Å²) < 4.78 is 5.51. The molecule has 0 amide bonds. The van der Waals surface area contributed by atoms with Crippen LogP contribution in [0.15, 0.2) is 4.52 Å². The number of rotatable bonds is 3. The van der Waals surface area contributed by atoms with E-state index in [9.17, 15) is 0 Å². The van der Waals surface area contributed by atoms with Crippen molar-refractivity contribution >= 4 is 0 Å². The number of hydrogen-bond acceptors (Lipinski definition) is 4. The lowest BCUT2D eigenvalue weighted by Crippen LogP contribution is -2.28. The first kappa shape index (κ1) is 11.9.